The molecule has 158 valence electrons. The maximum atomic E-state index is 13.1. The molecular formula is C24H28N2O3S. The standard InChI is InChI=1S/C24H28N2O3S/c1-17(30(28,29)22-9-5-4-6-10-22)19-11-12-24-23(15-19)20(16-26(24)18(2)27)14-21-8-7-13-25(21)3/h4-6,9-12,15-17,21H,7-8,13-14H2,1-3H3. The van der Waals surface area contributed by atoms with Crippen molar-refractivity contribution < 1.29 is 13.2 Å². The number of benzene rings is 2. The molecule has 0 amide bonds. The van der Waals surface area contributed by atoms with E-state index < -0.39 is 15.1 Å². The van der Waals surface area contributed by atoms with Crippen molar-refractivity contribution in [2.45, 2.75) is 49.3 Å². The number of sulfone groups is 1. The van der Waals surface area contributed by atoms with Gasteiger partial charge in [-0.3, -0.25) is 9.36 Å². The summed E-state index contributed by atoms with van der Waals surface area (Å²) in [7, 11) is -1.36. The molecule has 1 aliphatic rings. The minimum Gasteiger partial charge on any atom is -0.303 e. The summed E-state index contributed by atoms with van der Waals surface area (Å²) < 4.78 is 27.9. The lowest BCUT2D eigenvalue weighted by Gasteiger charge is -2.19. The second kappa shape index (κ2) is 8.00. The Kier molecular flexibility index (Phi) is 5.55. The number of nitrogens with zero attached hydrogens (tertiary/aromatic N) is 2. The quantitative estimate of drug-likeness (QED) is 0.606. The van der Waals surface area contributed by atoms with E-state index in [0.717, 1.165) is 41.4 Å². The van der Waals surface area contributed by atoms with Gasteiger partial charge in [-0.05, 0) is 75.2 Å². The third-order valence-corrected chi connectivity index (χ3v) is 8.52. The van der Waals surface area contributed by atoms with Crippen LogP contribution in [0.25, 0.3) is 10.9 Å². The van der Waals surface area contributed by atoms with Gasteiger partial charge in [0.1, 0.15) is 0 Å². The van der Waals surface area contributed by atoms with Crippen LogP contribution in [-0.4, -0.2) is 43.4 Å². The van der Waals surface area contributed by atoms with Gasteiger partial charge in [0.25, 0.3) is 0 Å². The Morgan fingerprint density at radius 2 is 1.90 bits per heavy atom. The predicted octanol–water partition coefficient (Wildman–Crippen LogP) is 4.47. The zero-order valence-corrected chi connectivity index (χ0v) is 18.5. The third-order valence-electron chi connectivity index (χ3n) is 6.38. The van der Waals surface area contributed by atoms with E-state index >= 15 is 0 Å². The second-order valence-electron chi connectivity index (χ2n) is 8.30. The molecule has 30 heavy (non-hydrogen) atoms. The van der Waals surface area contributed by atoms with Crippen LogP contribution >= 0.6 is 0 Å². The lowest BCUT2D eigenvalue weighted by Crippen LogP contribution is -2.26. The van der Waals surface area contributed by atoms with Gasteiger partial charge in [-0.2, -0.15) is 0 Å². The molecule has 2 aromatic carbocycles. The Morgan fingerprint density at radius 3 is 2.53 bits per heavy atom. The van der Waals surface area contributed by atoms with Crippen LogP contribution in [-0.2, 0) is 16.3 Å². The fourth-order valence-electron chi connectivity index (χ4n) is 4.48. The van der Waals surface area contributed by atoms with Crippen molar-refractivity contribution in [3.8, 4) is 0 Å². The van der Waals surface area contributed by atoms with Gasteiger partial charge < -0.3 is 4.90 Å². The molecule has 5 nitrogen and oxygen atoms in total. The van der Waals surface area contributed by atoms with Gasteiger partial charge in [0.2, 0.25) is 5.91 Å². The number of carbonyl (C=O) groups excluding carboxylic acids is 1. The summed E-state index contributed by atoms with van der Waals surface area (Å²) >= 11 is 0. The molecule has 1 saturated heterocycles. The third kappa shape index (κ3) is 3.70. The summed E-state index contributed by atoms with van der Waals surface area (Å²) in [5, 5.41) is 0.296. The van der Waals surface area contributed by atoms with Gasteiger partial charge >= 0.3 is 0 Å². The first-order valence-corrected chi connectivity index (χ1v) is 12.0. The molecule has 0 saturated carbocycles. The van der Waals surface area contributed by atoms with Gasteiger partial charge in [0.05, 0.1) is 15.7 Å². The first kappa shape index (κ1) is 20.8. The first-order valence-electron chi connectivity index (χ1n) is 10.4. The lowest BCUT2D eigenvalue weighted by molar-refractivity contribution is 0.0941. The number of rotatable bonds is 5. The van der Waals surface area contributed by atoms with E-state index in [2.05, 4.69) is 11.9 Å². The number of likely N-dealkylation sites (N-methyl/N-ethyl adjacent to an activating group) is 1. The van der Waals surface area contributed by atoms with E-state index in [9.17, 15) is 13.2 Å². The van der Waals surface area contributed by atoms with E-state index in [1.54, 1.807) is 42.7 Å². The minimum atomic E-state index is -3.50. The van der Waals surface area contributed by atoms with Gasteiger partial charge in [-0.25, -0.2) is 8.42 Å². The Hall–Kier alpha value is -2.44. The van der Waals surface area contributed by atoms with E-state index in [4.69, 9.17) is 0 Å². The monoisotopic (exact) mass is 424 g/mol. The Bertz CT molecular complexity index is 1180. The largest absolute Gasteiger partial charge is 0.303 e. The summed E-state index contributed by atoms with van der Waals surface area (Å²) in [4.78, 5) is 14.9. The number of fused-ring (bicyclic) bond motifs is 1. The van der Waals surface area contributed by atoms with E-state index in [-0.39, 0.29) is 5.91 Å². The van der Waals surface area contributed by atoms with Gasteiger partial charge in [0.15, 0.2) is 9.84 Å². The molecule has 1 aromatic heterocycles. The number of aromatic nitrogens is 1. The van der Waals surface area contributed by atoms with Crippen LogP contribution in [0.3, 0.4) is 0 Å². The zero-order chi connectivity index (χ0) is 21.5. The maximum Gasteiger partial charge on any atom is 0.227 e. The van der Waals surface area contributed by atoms with Gasteiger partial charge in [-0.15, -0.1) is 0 Å². The van der Waals surface area contributed by atoms with Crippen molar-refractivity contribution in [1.82, 2.24) is 9.47 Å². The van der Waals surface area contributed by atoms with Crippen LogP contribution in [0.5, 0.6) is 0 Å². The molecule has 0 radical (unpaired) electrons. The summed E-state index contributed by atoms with van der Waals surface area (Å²) in [6.07, 6.45) is 5.11. The van der Waals surface area contributed by atoms with Crippen LogP contribution in [0.15, 0.2) is 59.6 Å². The first-order chi connectivity index (χ1) is 14.3. The van der Waals surface area contributed by atoms with Crippen LogP contribution < -0.4 is 0 Å². The fraction of sp³-hybridized carbons (Fsp3) is 0.375. The molecule has 2 atom stereocenters. The molecule has 0 aliphatic carbocycles. The molecule has 4 rings (SSSR count). The summed E-state index contributed by atoms with van der Waals surface area (Å²) in [6.45, 7) is 4.38. The van der Waals surface area contributed by atoms with Gasteiger partial charge in [-0.1, -0.05) is 24.3 Å². The number of carbonyl (C=O) groups is 1. The van der Waals surface area contributed by atoms with Crippen LogP contribution in [0.4, 0.5) is 0 Å². The highest BCUT2D eigenvalue weighted by atomic mass is 32.2. The van der Waals surface area contributed by atoms with Crippen LogP contribution in [0, 0.1) is 0 Å². The van der Waals surface area contributed by atoms with E-state index in [1.807, 2.05) is 30.5 Å². The van der Waals surface area contributed by atoms with Crippen molar-refractivity contribution in [2.75, 3.05) is 13.6 Å². The van der Waals surface area contributed by atoms with Crippen molar-refractivity contribution >= 4 is 26.6 Å². The molecule has 6 heteroatoms. The van der Waals surface area contributed by atoms with E-state index in [1.165, 1.54) is 6.42 Å². The van der Waals surface area contributed by atoms with Crippen LogP contribution in [0.1, 0.15) is 47.9 Å². The molecular weight excluding hydrogens is 396 g/mol. The lowest BCUT2D eigenvalue weighted by atomic mass is 10.0. The highest BCUT2D eigenvalue weighted by Crippen LogP contribution is 2.33. The average Bonchev–Trinajstić information content (AvgIpc) is 3.31. The maximum absolute atomic E-state index is 13.1. The van der Waals surface area contributed by atoms with Crippen molar-refractivity contribution in [2.24, 2.45) is 0 Å². The molecule has 0 spiro atoms. The normalized spacial score (nSPS) is 18.7. The van der Waals surface area contributed by atoms with Gasteiger partial charge in [0, 0.05) is 24.5 Å². The predicted molar refractivity (Wildman–Crippen MR) is 120 cm³/mol. The summed E-state index contributed by atoms with van der Waals surface area (Å²) in [6, 6.07) is 14.7. The Morgan fingerprint density at radius 1 is 1.17 bits per heavy atom. The SMILES string of the molecule is CC(=O)n1cc(CC2CCCN2C)c2cc(C(C)S(=O)(=O)c3ccccc3)ccc21. The fourth-order valence-corrected chi connectivity index (χ4v) is 5.93. The smallest absolute Gasteiger partial charge is 0.227 e. The topological polar surface area (TPSA) is 59.4 Å². The number of hydrogen-bond acceptors (Lipinski definition) is 4. The zero-order valence-electron chi connectivity index (χ0n) is 17.7. The molecule has 1 aliphatic heterocycles. The number of likely N-dealkylation sites (tertiary alicyclic amines) is 1. The molecule has 3 aromatic rings. The van der Waals surface area contributed by atoms with E-state index in [0.29, 0.717) is 10.9 Å². The molecule has 2 heterocycles. The number of hydrogen-bond donors (Lipinski definition) is 0. The van der Waals surface area contributed by atoms with Crippen molar-refractivity contribution in [3.05, 3.63) is 65.9 Å². The summed E-state index contributed by atoms with van der Waals surface area (Å²) in [5.41, 5.74) is 2.69. The van der Waals surface area contributed by atoms with Crippen LogP contribution in [0.2, 0.25) is 0 Å². The Labute approximate surface area is 178 Å². The highest BCUT2D eigenvalue weighted by Gasteiger charge is 2.27. The molecule has 0 bridgehead atoms. The molecule has 2 unspecified atom stereocenters. The summed E-state index contributed by atoms with van der Waals surface area (Å²) in [5.74, 6) is -0.0382. The van der Waals surface area contributed by atoms with Crippen molar-refractivity contribution in [1.29, 1.82) is 0 Å². The Balaban J connectivity index is 1.77. The molecule has 1 fully saturated rings. The average molecular weight is 425 g/mol. The molecule has 0 N–H and O–H groups in total. The highest BCUT2D eigenvalue weighted by molar-refractivity contribution is 7.91. The second-order valence-corrected chi connectivity index (χ2v) is 10.6. The van der Waals surface area contributed by atoms with Crippen molar-refractivity contribution in [3.63, 3.8) is 0 Å². The minimum absolute atomic E-state index is 0.0382.